The molecule has 0 saturated heterocycles. The minimum absolute atomic E-state index is 0.0147. The normalized spacial score (nSPS) is 14.2. The Labute approximate surface area is 171 Å². The number of rotatable bonds is 7. The summed E-state index contributed by atoms with van der Waals surface area (Å²) in [5.74, 6) is 1.77. The number of carbonyl (C=O) groups is 1. The molecule has 2 aromatic rings. The van der Waals surface area contributed by atoms with Crippen LogP contribution in [0.1, 0.15) is 29.1 Å². The number of sulfonamides is 1. The molecule has 0 spiro atoms. The number of aryl methyl sites for hydroxylation is 1. The smallest absolute Gasteiger partial charge is 0.228 e. The highest BCUT2D eigenvalue weighted by atomic mass is 32.2. The molecule has 0 atom stereocenters. The second-order valence-electron chi connectivity index (χ2n) is 7.19. The van der Waals surface area contributed by atoms with E-state index in [1.807, 2.05) is 31.2 Å². The number of aromatic nitrogens is 2. The average Bonchev–Trinajstić information content (AvgIpc) is 2.66. The Morgan fingerprint density at radius 1 is 1.24 bits per heavy atom. The van der Waals surface area contributed by atoms with Gasteiger partial charge in [0.15, 0.2) is 0 Å². The zero-order valence-electron chi connectivity index (χ0n) is 17.2. The molecule has 0 radical (unpaired) electrons. The number of hydrogen-bond acceptors (Lipinski definition) is 6. The van der Waals surface area contributed by atoms with E-state index in [0.29, 0.717) is 37.4 Å². The molecule has 0 saturated carbocycles. The Hall–Kier alpha value is -2.52. The van der Waals surface area contributed by atoms with E-state index in [-0.39, 0.29) is 12.5 Å². The molecule has 9 heteroatoms. The van der Waals surface area contributed by atoms with E-state index in [2.05, 4.69) is 9.97 Å². The van der Waals surface area contributed by atoms with Gasteiger partial charge in [0.1, 0.15) is 17.4 Å². The lowest BCUT2D eigenvalue weighted by Gasteiger charge is -2.29. The lowest BCUT2D eigenvalue weighted by atomic mass is 10.0. The van der Waals surface area contributed by atoms with Crippen LogP contribution in [0.15, 0.2) is 24.3 Å². The van der Waals surface area contributed by atoms with Gasteiger partial charge in [-0.2, -0.15) is 4.31 Å². The summed E-state index contributed by atoms with van der Waals surface area (Å²) in [6, 6.07) is 7.75. The Kier molecular flexibility index (Phi) is 6.18. The number of benzene rings is 1. The lowest BCUT2D eigenvalue weighted by Crippen LogP contribution is -2.38. The predicted octanol–water partition coefficient (Wildman–Crippen LogP) is 1.71. The number of anilines is 1. The van der Waals surface area contributed by atoms with Crippen LogP contribution in [-0.4, -0.2) is 55.6 Å². The monoisotopic (exact) mass is 418 g/mol. The summed E-state index contributed by atoms with van der Waals surface area (Å²) >= 11 is 0. The van der Waals surface area contributed by atoms with Crippen LogP contribution < -0.4 is 9.64 Å². The Balaban J connectivity index is 1.87. The molecule has 0 N–H and O–H groups in total. The van der Waals surface area contributed by atoms with Gasteiger partial charge in [0, 0.05) is 31.3 Å². The molecular formula is C20H26N4O4S. The van der Waals surface area contributed by atoms with E-state index in [1.54, 1.807) is 12.0 Å². The van der Waals surface area contributed by atoms with Crippen LogP contribution in [0.25, 0.3) is 0 Å². The summed E-state index contributed by atoms with van der Waals surface area (Å²) in [5, 5.41) is 0. The number of carbonyl (C=O) groups excluding carboxylic acids is 1. The van der Waals surface area contributed by atoms with Crippen LogP contribution >= 0.6 is 0 Å². The molecule has 0 aliphatic carbocycles. The molecule has 1 amide bonds. The molecule has 1 aromatic carbocycles. The average molecular weight is 419 g/mol. The molecule has 1 aliphatic heterocycles. The quantitative estimate of drug-likeness (QED) is 0.680. The van der Waals surface area contributed by atoms with Gasteiger partial charge in [-0.3, -0.25) is 9.69 Å². The second-order valence-corrected chi connectivity index (χ2v) is 9.28. The van der Waals surface area contributed by atoms with Gasteiger partial charge in [0.2, 0.25) is 15.9 Å². The summed E-state index contributed by atoms with van der Waals surface area (Å²) in [4.78, 5) is 23.4. The van der Waals surface area contributed by atoms with Gasteiger partial charge in [-0.15, -0.1) is 0 Å². The first-order chi connectivity index (χ1) is 13.7. The second kappa shape index (κ2) is 8.46. The van der Waals surface area contributed by atoms with Crippen LogP contribution in [0.2, 0.25) is 0 Å². The van der Waals surface area contributed by atoms with Crippen molar-refractivity contribution in [3.8, 4) is 5.75 Å². The molecule has 1 aliphatic rings. The molecule has 0 fully saturated rings. The van der Waals surface area contributed by atoms with E-state index < -0.39 is 10.0 Å². The number of ether oxygens (including phenoxy) is 1. The standard InChI is InChI=1S/C20H26N4O4S/c1-14-17-8-9-19(25)24(11-10-15-6-5-7-16(12-15)28-3)20(17)22-18(21-14)13-23(2)29(4,26)27/h5-7,12H,8-11,13H2,1-4H3. The van der Waals surface area contributed by atoms with Crippen LogP contribution in [0, 0.1) is 6.92 Å². The van der Waals surface area contributed by atoms with Crippen molar-refractivity contribution in [2.45, 2.75) is 32.7 Å². The maximum absolute atomic E-state index is 12.6. The number of nitrogens with zero attached hydrogens (tertiary/aromatic N) is 4. The van der Waals surface area contributed by atoms with Crippen molar-refractivity contribution in [2.75, 3.05) is 31.9 Å². The highest BCUT2D eigenvalue weighted by Gasteiger charge is 2.28. The zero-order valence-corrected chi connectivity index (χ0v) is 18.0. The molecule has 29 heavy (non-hydrogen) atoms. The molecule has 0 bridgehead atoms. The fourth-order valence-corrected chi connectivity index (χ4v) is 3.68. The van der Waals surface area contributed by atoms with E-state index >= 15 is 0 Å². The third-order valence-electron chi connectivity index (χ3n) is 5.07. The Bertz CT molecular complexity index is 1020. The first kappa shape index (κ1) is 21.2. The van der Waals surface area contributed by atoms with E-state index in [1.165, 1.54) is 11.4 Å². The van der Waals surface area contributed by atoms with Crippen LogP contribution in [0.5, 0.6) is 5.75 Å². The van der Waals surface area contributed by atoms with Crippen molar-refractivity contribution >= 4 is 21.7 Å². The first-order valence-electron chi connectivity index (χ1n) is 9.40. The number of hydrogen-bond donors (Lipinski definition) is 0. The Morgan fingerprint density at radius 3 is 2.69 bits per heavy atom. The van der Waals surface area contributed by atoms with Gasteiger partial charge in [-0.1, -0.05) is 12.1 Å². The molecule has 1 aromatic heterocycles. The largest absolute Gasteiger partial charge is 0.497 e. The van der Waals surface area contributed by atoms with Crippen LogP contribution in [0.3, 0.4) is 0 Å². The minimum atomic E-state index is -3.35. The lowest BCUT2D eigenvalue weighted by molar-refractivity contribution is -0.118. The molecular weight excluding hydrogens is 392 g/mol. The summed E-state index contributed by atoms with van der Waals surface area (Å²) < 4.78 is 29.9. The highest BCUT2D eigenvalue weighted by molar-refractivity contribution is 7.88. The third kappa shape index (κ3) is 4.91. The van der Waals surface area contributed by atoms with Crippen molar-refractivity contribution in [3.63, 3.8) is 0 Å². The summed E-state index contributed by atoms with van der Waals surface area (Å²) in [6.45, 7) is 2.42. The van der Waals surface area contributed by atoms with Gasteiger partial charge in [-0.05, 0) is 37.5 Å². The van der Waals surface area contributed by atoms with E-state index in [4.69, 9.17) is 4.74 Å². The number of fused-ring (bicyclic) bond motifs is 1. The number of methoxy groups -OCH3 is 1. The fraction of sp³-hybridized carbons (Fsp3) is 0.450. The van der Waals surface area contributed by atoms with Crippen molar-refractivity contribution in [1.29, 1.82) is 0 Å². The Morgan fingerprint density at radius 2 is 2.00 bits per heavy atom. The van der Waals surface area contributed by atoms with E-state index in [0.717, 1.165) is 28.8 Å². The summed E-state index contributed by atoms with van der Waals surface area (Å²) in [6.07, 6.45) is 2.81. The van der Waals surface area contributed by atoms with Gasteiger partial charge >= 0.3 is 0 Å². The third-order valence-corrected chi connectivity index (χ3v) is 6.33. The maximum atomic E-state index is 12.6. The van der Waals surface area contributed by atoms with Crippen LogP contribution in [-0.2, 0) is 34.2 Å². The fourth-order valence-electron chi connectivity index (χ4n) is 3.33. The van der Waals surface area contributed by atoms with Crippen molar-refractivity contribution in [2.24, 2.45) is 0 Å². The van der Waals surface area contributed by atoms with Gasteiger partial charge in [-0.25, -0.2) is 18.4 Å². The highest BCUT2D eigenvalue weighted by Crippen LogP contribution is 2.28. The minimum Gasteiger partial charge on any atom is -0.497 e. The molecule has 156 valence electrons. The SMILES string of the molecule is COc1cccc(CCN2C(=O)CCc3c(C)nc(CN(C)S(C)(=O)=O)nc32)c1. The molecule has 0 unspecified atom stereocenters. The molecule has 3 rings (SSSR count). The molecule has 2 heterocycles. The predicted molar refractivity (Wildman–Crippen MR) is 110 cm³/mol. The topological polar surface area (TPSA) is 92.7 Å². The summed E-state index contributed by atoms with van der Waals surface area (Å²) in [5.41, 5.74) is 2.79. The van der Waals surface area contributed by atoms with Gasteiger partial charge in [0.25, 0.3) is 0 Å². The van der Waals surface area contributed by atoms with Crippen molar-refractivity contribution < 1.29 is 17.9 Å². The van der Waals surface area contributed by atoms with Crippen molar-refractivity contribution in [1.82, 2.24) is 14.3 Å². The van der Waals surface area contributed by atoms with Gasteiger partial charge < -0.3 is 4.74 Å². The van der Waals surface area contributed by atoms with Gasteiger partial charge in [0.05, 0.1) is 19.9 Å². The maximum Gasteiger partial charge on any atom is 0.228 e. The van der Waals surface area contributed by atoms with Crippen molar-refractivity contribution in [3.05, 3.63) is 46.9 Å². The molecule has 8 nitrogen and oxygen atoms in total. The first-order valence-corrected chi connectivity index (χ1v) is 11.2. The van der Waals surface area contributed by atoms with E-state index in [9.17, 15) is 13.2 Å². The van der Waals surface area contributed by atoms with Crippen LogP contribution in [0.4, 0.5) is 5.82 Å². The zero-order chi connectivity index (χ0) is 21.2. The number of amides is 1. The summed E-state index contributed by atoms with van der Waals surface area (Å²) in [7, 11) is -0.243.